The van der Waals surface area contributed by atoms with Gasteiger partial charge in [0.2, 0.25) is 11.8 Å². The number of carbonyl (C=O) groups is 2. The Balaban J connectivity index is 1.97. The van der Waals surface area contributed by atoms with Crippen LogP contribution in [-0.4, -0.2) is 68.1 Å². The molecule has 0 radical (unpaired) electrons. The Bertz CT molecular complexity index is 883. The summed E-state index contributed by atoms with van der Waals surface area (Å²) in [5.41, 5.74) is 2.99. The van der Waals surface area contributed by atoms with Crippen molar-refractivity contribution >= 4 is 11.8 Å². The van der Waals surface area contributed by atoms with Crippen molar-refractivity contribution < 1.29 is 19.1 Å². The molecule has 3 rings (SSSR count). The van der Waals surface area contributed by atoms with Gasteiger partial charge in [-0.25, -0.2) is 0 Å². The molecule has 0 aromatic heterocycles. The zero-order valence-corrected chi connectivity index (χ0v) is 18.0. The van der Waals surface area contributed by atoms with Crippen LogP contribution in [-0.2, 0) is 20.7 Å². The van der Waals surface area contributed by atoms with Crippen molar-refractivity contribution in [2.24, 2.45) is 0 Å². The topological polar surface area (TPSA) is 59.1 Å². The average molecular weight is 411 g/mol. The number of hydrogen-bond acceptors (Lipinski definition) is 4. The fraction of sp³-hybridized carbons (Fsp3) is 0.417. The zero-order valence-electron chi connectivity index (χ0n) is 18.0. The Hall–Kier alpha value is -2.86. The number of amides is 2. The number of carbonyl (C=O) groups excluding carboxylic acids is 2. The number of benzene rings is 2. The molecule has 1 saturated heterocycles. The van der Waals surface area contributed by atoms with Crippen LogP contribution in [0.4, 0.5) is 0 Å². The first-order valence-corrected chi connectivity index (χ1v) is 10.4. The Labute approximate surface area is 178 Å². The SMILES string of the molecule is CCCN1CCN(C(=O)COC)[C@H](Cc2ccccc2-c2ccccc2OC)C1=O. The van der Waals surface area contributed by atoms with E-state index in [0.29, 0.717) is 26.1 Å². The van der Waals surface area contributed by atoms with Crippen molar-refractivity contribution in [3.63, 3.8) is 0 Å². The molecule has 2 aromatic rings. The van der Waals surface area contributed by atoms with Gasteiger partial charge in [0.15, 0.2) is 0 Å². The van der Waals surface area contributed by atoms with Crippen molar-refractivity contribution in [2.45, 2.75) is 25.8 Å². The summed E-state index contributed by atoms with van der Waals surface area (Å²) in [4.78, 5) is 29.5. The average Bonchev–Trinajstić information content (AvgIpc) is 2.77. The Kier molecular flexibility index (Phi) is 7.46. The zero-order chi connectivity index (χ0) is 21.5. The van der Waals surface area contributed by atoms with E-state index in [0.717, 1.165) is 28.9 Å². The molecule has 0 N–H and O–H groups in total. The van der Waals surface area contributed by atoms with Gasteiger partial charge in [-0.1, -0.05) is 49.4 Å². The molecular weight excluding hydrogens is 380 g/mol. The summed E-state index contributed by atoms with van der Waals surface area (Å²) >= 11 is 0. The first-order valence-electron chi connectivity index (χ1n) is 10.4. The summed E-state index contributed by atoms with van der Waals surface area (Å²) in [6, 6.07) is 15.3. The second-order valence-corrected chi connectivity index (χ2v) is 7.42. The van der Waals surface area contributed by atoms with Crippen LogP contribution in [0.25, 0.3) is 11.1 Å². The number of nitrogens with zero attached hydrogens (tertiary/aromatic N) is 2. The molecule has 0 unspecified atom stereocenters. The standard InChI is InChI=1S/C24H30N2O4/c1-4-13-25-14-15-26(23(27)17-29-2)21(24(25)28)16-18-9-5-6-10-19(18)20-11-7-8-12-22(20)30-3/h5-12,21H,4,13-17H2,1-3H3/t21-/m1/s1. The van der Waals surface area contributed by atoms with E-state index in [-0.39, 0.29) is 18.4 Å². The lowest BCUT2D eigenvalue weighted by Crippen LogP contribution is -2.60. The molecule has 1 aliphatic heterocycles. The number of para-hydroxylation sites is 1. The Morgan fingerprint density at radius 2 is 1.73 bits per heavy atom. The summed E-state index contributed by atoms with van der Waals surface area (Å²) in [6.07, 6.45) is 1.34. The van der Waals surface area contributed by atoms with Gasteiger partial charge in [0.25, 0.3) is 0 Å². The van der Waals surface area contributed by atoms with Crippen LogP contribution in [0.3, 0.4) is 0 Å². The van der Waals surface area contributed by atoms with Crippen LogP contribution in [0.2, 0.25) is 0 Å². The highest BCUT2D eigenvalue weighted by Crippen LogP contribution is 2.33. The minimum absolute atomic E-state index is 0.00221. The molecule has 0 bridgehead atoms. The molecule has 1 atom stereocenters. The summed E-state index contributed by atoms with van der Waals surface area (Å²) in [6.45, 7) is 3.82. The minimum atomic E-state index is -0.538. The monoisotopic (exact) mass is 410 g/mol. The highest BCUT2D eigenvalue weighted by atomic mass is 16.5. The van der Waals surface area contributed by atoms with Crippen LogP contribution in [0.15, 0.2) is 48.5 Å². The third kappa shape index (κ3) is 4.65. The van der Waals surface area contributed by atoms with Gasteiger partial charge < -0.3 is 19.3 Å². The van der Waals surface area contributed by atoms with Crippen molar-refractivity contribution in [1.82, 2.24) is 9.80 Å². The van der Waals surface area contributed by atoms with Gasteiger partial charge >= 0.3 is 0 Å². The molecule has 2 amide bonds. The van der Waals surface area contributed by atoms with E-state index in [1.54, 1.807) is 12.0 Å². The van der Waals surface area contributed by atoms with Gasteiger partial charge in [0.05, 0.1) is 7.11 Å². The van der Waals surface area contributed by atoms with Crippen LogP contribution < -0.4 is 4.74 Å². The van der Waals surface area contributed by atoms with E-state index in [4.69, 9.17) is 9.47 Å². The van der Waals surface area contributed by atoms with Gasteiger partial charge in [0, 0.05) is 38.7 Å². The van der Waals surface area contributed by atoms with Gasteiger partial charge in [-0.3, -0.25) is 9.59 Å². The number of piperazine rings is 1. The lowest BCUT2D eigenvalue weighted by atomic mass is 9.92. The number of ether oxygens (including phenoxy) is 2. The van der Waals surface area contributed by atoms with Crippen LogP contribution >= 0.6 is 0 Å². The molecule has 30 heavy (non-hydrogen) atoms. The fourth-order valence-corrected chi connectivity index (χ4v) is 4.07. The van der Waals surface area contributed by atoms with Crippen molar-refractivity contribution in [1.29, 1.82) is 0 Å². The molecule has 0 spiro atoms. The maximum Gasteiger partial charge on any atom is 0.249 e. The maximum atomic E-state index is 13.3. The molecule has 2 aromatic carbocycles. The first kappa shape index (κ1) is 21.8. The van der Waals surface area contributed by atoms with E-state index >= 15 is 0 Å². The second kappa shape index (κ2) is 10.3. The van der Waals surface area contributed by atoms with Gasteiger partial charge in [-0.2, -0.15) is 0 Å². The van der Waals surface area contributed by atoms with Gasteiger partial charge in [-0.05, 0) is 23.6 Å². The van der Waals surface area contributed by atoms with E-state index < -0.39 is 6.04 Å². The summed E-state index contributed by atoms with van der Waals surface area (Å²) in [5.74, 6) is 0.629. The Morgan fingerprint density at radius 3 is 2.43 bits per heavy atom. The van der Waals surface area contributed by atoms with E-state index in [1.807, 2.05) is 53.4 Å². The second-order valence-electron chi connectivity index (χ2n) is 7.42. The lowest BCUT2D eigenvalue weighted by Gasteiger charge is -2.41. The third-order valence-electron chi connectivity index (χ3n) is 5.49. The molecule has 160 valence electrons. The van der Waals surface area contributed by atoms with Crippen LogP contribution in [0.5, 0.6) is 5.75 Å². The quantitative estimate of drug-likeness (QED) is 0.671. The predicted molar refractivity (Wildman–Crippen MR) is 116 cm³/mol. The van der Waals surface area contributed by atoms with E-state index in [2.05, 4.69) is 6.92 Å². The van der Waals surface area contributed by atoms with Gasteiger partial charge in [-0.15, -0.1) is 0 Å². The van der Waals surface area contributed by atoms with Crippen LogP contribution in [0.1, 0.15) is 18.9 Å². The molecule has 6 nitrogen and oxygen atoms in total. The normalized spacial score (nSPS) is 16.6. The van der Waals surface area contributed by atoms with E-state index in [9.17, 15) is 9.59 Å². The molecule has 1 aliphatic rings. The minimum Gasteiger partial charge on any atom is -0.496 e. The molecule has 0 saturated carbocycles. The molecular formula is C24H30N2O4. The molecule has 0 aliphatic carbocycles. The first-order chi connectivity index (χ1) is 14.6. The summed E-state index contributed by atoms with van der Waals surface area (Å²) in [5, 5.41) is 0. The van der Waals surface area contributed by atoms with E-state index in [1.165, 1.54) is 7.11 Å². The van der Waals surface area contributed by atoms with Crippen molar-refractivity contribution in [3.05, 3.63) is 54.1 Å². The van der Waals surface area contributed by atoms with Crippen LogP contribution in [0, 0.1) is 0 Å². The summed E-state index contributed by atoms with van der Waals surface area (Å²) in [7, 11) is 3.15. The van der Waals surface area contributed by atoms with Crippen molar-refractivity contribution in [3.8, 4) is 16.9 Å². The molecule has 1 fully saturated rings. The largest absolute Gasteiger partial charge is 0.496 e. The fourth-order valence-electron chi connectivity index (χ4n) is 4.07. The lowest BCUT2D eigenvalue weighted by molar-refractivity contribution is -0.153. The molecule has 1 heterocycles. The third-order valence-corrected chi connectivity index (χ3v) is 5.49. The number of hydrogen-bond donors (Lipinski definition) is 0. The number of rotatable bonds is 8. The number of methoxy groups -OCH3 is 2. The Morgan fingerprint density at radius 1 is 1.03 bits per heavy atom. The van der Waals surface area contributed by atoms with Crippen molar-refractivity contribution in [2.75, 3.05) is 40.5 Å². The highest BCUT2D eigenvalue weighted by molar-refractivity contribution is 5.90. The van der Waals surface area contributed by atoms with Gasteiger partial charge in [0.1, 0.15) is 18.4 Å². The highest BCUT2D eigenvalue weighted by Gasteiger charge is 2.37. The smallest absolute Gasteiger partial charge is 0.249 e. The summed E-state index contributed by atoms with van der Waals surface area (Å²) < 4.78 is 10.6. The molecule has 6 heteroatoms. The maximum absolute atomic E-state index is 13.3. The predicted octanol–water partition coefficient (Wildman–Crippen LogP) is 3.00.